The van der Waals surface area contributed by atoms with E-state index in [9.17, 15) is 4.79 Å². The summed E-state index contributed by atoms with van der Waals surface area (Å²) in [6, 6.07) is 5.84. The first kappa shape index (κ1) is 11.7. The minimum absolute atomic E-state index is 0.264. The van der Waals surface area contributed by atoms with E-state index in [0.717, 1.165) is 29.3 Å². The largest absolute Gasteiger partial charge is 0.370 e. The van der Waals surface area contributed by atoms with Crippen LogP contribution in [0.5, 0.6) is 0 Å². The van der Waals surface area contributed by atoms with Gasteiger partial charge in [-0.25, -0.2) is 0 Å². The molecule has 0 bridgehead atoms. The van der Waals surface area contributed by atoms with Crippen molar-refractivity contribution in [3.63, 3.8) is 0 Å². The van der Waals surface area contributed by atoms with Gasteiger partial charge in [0, 0.05) is 17.8 Å². The number of carbonyl (C=O) groups excluding carboxylic acids is 1. The molecule has 4 nitrogen and oxygen atoms in total. The molecule has 0 atom stereocenters. The van der Waals surface area contributed by atoms with Crippen molar-refractivity contribution in [3.05, 3.63) is 21.9 Å². The highest BCUT2D eigenvalue weighted by Gasteiger charge is 1.98. The van der Waals surface area contributed by atoms with Crippen LogP contribution in [0.25, 0.3) is 0 Å². The monoisotopic (exact) mass is 223 g/mol. The number of nitrogens with one attached hydrogen (secondary N) is 1. The van der Waals surface area contributed by atoms with Gasteiger partial charge >= 0.3 is 0 Å². The van der Waals surface area contributed by atoms with E-state index in [1.165, 1.54) is 11.3 Å². The molecule has 1 aromatic rings. The van der Waals surface area contributed by atoms with Gasteiger partial charge in [0.2, 0.25) is 5.91 Å². The van der Waals surface area contributed by atoms with Crippen LogP contribution in [0.1, 0.15) is 22.6 Å². The summed E-state index contributed by atoms with van der Waals surface area (Å²) in [5.41, 5.74) is 5.01. The molecule has 0 aromatic carbocycles. The number of carbonyl (C=O) groups is 1. The Kier molecular flexibility index (Phi) is 4.81. The second-order valence-corrected chi connectivity index (χ2v) is 4.29. The van der Waals surface area contributed by atoms with Crippen LogP contribution in [0, 0.1) is 11.3 Å². The molecule has 0 fully saturated rings. The Labute approximate surface area is 92.7 Å². The number of hydrogen-bond acceptors (Lipinski definition) is 4. The lowest BCUT2D eigenvalue weighted by molar-refractivity contribution is -0.118. The highest BCUT2D eigenvalue weighted by Crippen LogP contribution is 2.14. The van der Waals surface area contributed by atoms with Crippen molar-refractivity contribution in [3.8, 4) is 6.07 Å². The topological polar surface area (TPSA) is 78.9 Å². The molecule has 0 aliphatic carbocycles. The molecule has 0 aliphatic heterocycles. The Hall–Kier alpha value is -1.38. The second kappa shape index (κ2) is 6.17. The highest BCUT2D eigenvalue weighted by atomic mass is 32.1. The zero-order valence-corrected chi connectivity index (χ0v) is 9.14. The summed E-state index contributed by atoms with van der Waals surface area (Å²) in [6.45, 7) is 1.51. The van der Waals surface area contributed by atoms with E-state index in [1.807, 2.05) is 12.1 Å². The SMILES string of the molecule is N#Cc1ccc(CNCCCC(N)=O)s1. The summed E-state index contributed by atoms with van der Waals surface area (Å²) >= 11 is 1.48. The maximum Gasteiger partial charge on any atom is 0.217 e. The van der Waals surface area contributed by atoms with Gasteiger partial charge in [-0.1, -0.05) is 0 Å². The van der Waals surface area contributed by atoms with Gasteiger partial charge in [0.1, 0.15) is 10.9 Å². The normalized spacial score (nSPS) is 9.80. The molecule has 0 saturated carbocycles. The highest BCUT2D eigenvalue weighted by molar-refractivity contribution is 7.12. The van der Waals surface area contributed by atoms with E-state index >= 15 is 0 Å². The van der Waals surface area contributed by atoms with Gasteiger partial charge in [-0.05, 0) is 25.1 Å². The molecule has 3 N–H and O–H groups in total. The third kappa shape index (κ3) is 4.58. The Bertz CT molecular complexity index is 367. The first-order chi connectivity index (χ1) is 7.22. The molecule has 0 radical (unpaired) electrons. The van der Waals surface area contributed by atoms with E-state index in [0.29, 0.717) is 6.42 Å². The molecular formula is C10H13N3OS. The molecule has 15 heavy (non-hydrogen) atoms. The Morgan fingerprint density at radius 2 is 2.40 bits per heavy atom. The van der Waals surface area contributed by atoms with Crippen molar-refractivity contribution in [2.45, 2.75) is 19.4 Å². The summed E-state index contributed by atoms with van der Waals surface area (Å²) < 4.78 is 0. The fourth-order valence-corrected chi connectivity index (χ4v) is 1.91. The number of hydrogen-bond donors (Lipinski definition) is 2. The smallest absolute Gasteiger partial charge is 0.217 e. The van der Waals surface area contributed by atoms with Gasteiger partial charge in [-0.2, -0.15) is 5.26 Å². The van der Waals surface area contributed by atoms with Crippen LogP contribution in [-0.4, -0.2) is 12.5 Å². The summed E-state index contributed by atoms with van der Waals surface area (Å²) in [7, 11) is 0. The van der Waals surface area contributed by atoms with E-state index in [1.54, 1.807) is 0 Å². The number of primary amides is 1. The van der Waals surface area contributed by atoms with Crippen molar-refractivity contribution >= 4 is 17.2 Å². The van der Waals surface area contributed by atoms with Crippen molar-refractivity contribution in [2.24, 2.45) is 5.73 Å². The third-order valence-corrected chi connectivity index (χ3v) is 2.84. The average Bonchev–Trinajstić information content (AvgIpc) is 2.65. The molecule has 1 heterocycles. The summed E-state index contributed by atoms with van der Waals surface area (Å²) in [5.74, 6) is -0.264. The Balaban J connectivity index is 2.15. The van der Waals surface area contributed by atoms with Crippen LogP contribution < -0.4 is 11.1 Å². The van der Waals surface area contributed by atoms with Crippen molar-refractivity contribution in [1.82, 2.24) is 5.32 Å². The molecule has 0 saturated heterocycles. The van der Waals surface area contributed by atoms with E-state index in [-0.39, 0.29) is 5.91 Å². The molecule has 1 amide bonds. The fraction of sp³-hybridized carbons (Fsp3) is 0.400. The molecule has 1 rings (SSSR count). The van der Waals surface area contributed by atoms with Gasteiger partial charge in [-0.15, -0.1) is 11.3 Å². The van der Waals surface area contributed by atoms with Crippen LogP contribution in [0.4, 0.5) is 0 Å². The van der Waals surface area contributed by atoms with Gasteiger partial charge in [-0.3, -0.25) is 4.79 Å². The van der Waals surface area contributed by atoms with Crippen molar-refractivity contribution < 1.29 is 4.79 Å². The predicted octanol–water partition coefficient (Wildman–Crippen LogP) is 0.975. The summed E-state index contributed by atoms with van der Waals surface area (Å²) in [5, 5.41) is 11.8. The standard InChI is InChI=1S/C10H13N3OS/c11-6-8-3-4-9(15-8)7-13-5-1-2-10(12)14/h3-4,13H,1-2,5,7H2,(H2,12,14). The molecule has 0 unspecified atom stereocenters. The lowest BCUT2D eigenvalue weighted by Gasteiger charge is -2.00. The van der Waals surface area contributed by atoms with Crippen LogP contribution in [0.3, 0.4) is 0 Å². The van der Waals surface area contributed by atoms with Crippen molar-refractivity contribution in [1.29, 1.82) is 5.26 Å². The quantitative estimate of drug-likeness (QED) is 0.705. The second-order valence-electron chi connectivity index (χ2n) is 3.12. The lowest BCUT2D eigenvalue weighted by Crippen LogP contribution is -2.17. The van der Waals surface area contributed by atoms with E-state index in [4.69, 9.17) is 11.0 Å². The molecule has 5 heteroatoms. The van der Waals surface area contributed by atoms with Gasteiger partial charge in [0.15, 0.2) is 0 Å². The Morgan fingerprint density at radius 3 is 3.00 bits per heavy atom. The van der Waals surface area contributed by atoms with Gasteiger partial charge in [0.25, 0.3) is 0 Å². The molecular weight excluding hydrogens is 210 g/mol. The Morgan fingerprint density at radius 1 is 1.60 bits per heavy atom. The van der Waals surface area contributed by atoms with Gasteiger partial charge in [0.05, 0.1) is 0 Å². The van der Waals surface area contributed by atoms with E-state index in [2.05, 4.69) is 11.4 Å². The van der Waals surface area contributed by atoms with Crippen LogP contribution in [0.2, 0.25) is 0 Å². The molecule has 80 valence electrons. The first-order valence-corrected chi connectivity index (χ1v) is 5.52. The number of nitrogens with zero attached hydrogens (tertiary/aromatic N) is 1. The zero-order chi connectivity index (χ0) is 11.1. The first-order valence-electron chi connectivity index (χ1n) is 4.70. The molecule has 0 aliphatic rings. The maximum absolute atomic E-state index is 10.4. The number of rotatable bonds is 6. The zero-order valence-electron chi connectivity index (χ0n) is 8.32. The van der Waals surface area contributed by atoms with Crippen LogP contribution in [-0.2, 0) is 11.3 Å². The maximum atomic E-state index is 10.4. The van der Waals surface area contributed by atoms with Crippen LogP contribution >= 0.6 is 11.3 Å². The minimum atomic E-state index is -0.264. The molecule has 0 spiro atoms. The number of nitrogens with two attached hydrogens (primary N) is 1. The average molecular weight is 223 g/mol. The third-order valence-electron chi connectivity index (χ3n) is 1.85. The number of thiophene rings is 1. The van der Waals surface area contributed by atoms with Gasteiger partial charge < -0.3 is 11.1 Å². The summed E-state index contributed by atoms with van der Waals surface area (Å²) in [6.07, 6.45) is 1.17. The minimum Gasteiger partial charge on any atom is -0.370 e. The number of nitriles is 1. The fourth-order valence-electron chi connectivity index (χ4n) is 1.13. The summed E-state index contributed by atoms with van der Waals surface area (Å²) in [4.78, 5) is 12.3. The van der Waals surface area contributed by atoms with Crippen LogP contribution in [0.15, 0.2) is 12.1 Å². The molecule has 1 aromatic heterocycles. The number of amides is 1. The lowest BCUT2D eigenvalue weighted by atomic mass is 10.3. The van der Waals surface area contributed by atoms with Crippen molar-refractivity contribution in [2.75, 3.05) is 6.54 Å². The van der Waals surface area contributed by atoms with E-state index < -0.39 is 0 Å². The predicted molar refractivity (Wildman–Crippen MR) is 59.2 cm³/mol.